The van der Waals surface area contributed by atoms with Crippen LogP contribution in [0.2, 0.25) is 0 Å². The van der Waals surface area contributed by atoms with Crippen LogP contribution in [0.1, 0.15) is 91.5 Å². The van der Waals surface area contributed by atoms with E-state index >= 15 is 0 Å². The number of hydrogen-bond donors (Lipinski definition) is 4. The van der Waals surface area contributed by atoms with Crippen molar-refractivity contribution in [2.24, 2.45) is 46.3 Å². The highest BCUT2D eigenvalue weighted by molar-refractivity contribution is 7.81. The Labute approximate surface area is 318 Å². The van der Waals surface area contributed by atoms with Gasteiger partial charge in [0.2, 0.25) is 0 Å². The molecular formula is C36H52N2O13S3. The topological polar surface area (TPSA) is 229 Å². The van der Waals surface area contributed by atoms with Crippen molar-refractivity contribution in [3.63, 3.8) is 0 Å². The average molecular weight is 817 g/mol. The standard InChI is InChI=1S/C36H52N2O13S3/c1-21(2)30(38-20-37-19-31(38)23-7-9-24(39)10-8-23)13-6-22(3)26-11-12-27-25-16-32(49-52(40,41)42)29-17-33(50-53(43,44)45)34(51-54(46,47)48)18-36(29,5)28(25)14-15-35(26,27)4/h7-10,19-20,22,25-30,32-34,39H,1,6,11-18H2,2-5H3,(H,40,41,42)(H,43,44,45)(H,46,47,48)/t22-,25+,26-,27+,28+,29-,30-,32+,33-,34+,35-,36-/m1/s1. The highest BCUT2D eigenvalue weighted by Gasteiger charge is 2.65. The first-order valence-corrected chi connectivity index (χ1v) is 22.5. The van der Waals surface area contributed by atoms with Crippen LogP contribution in [-0.4, -0.2) is 71.9 Å². The predicted octanol–water partition coefficient (Wildman–Crippen LogP) is 6.23. The second kappa shape index (κ2) is 14.8. The molecule has 0 radical (unpaired) electrons. The van der Waals surface area contributed by atoms with Gasteiger partial charge in [-0.25, -0.2) is 17.5 Å². The van der Waals surface area contributed by atoms with Gasteiger partial charge in [0.25, 0.3) is 0 Å². The summed E-state index contributed by atoms with van der Waals surface area (Å²) in [5.74, 6) is 0.0927. The van der Waals surface area contributed by atoms with E-state index in [1.807, 2.05) is 38.5 Å². The number of nitrogens with zero attached hydrogens (tertiary/aromatic N) is 2. The monoisotopic (exact) mass is 816 g/mol. The fourth-order valence-electron chi connectivity index (χ4n) is 11.7. The third-order valence-corrected chi connectivity index (χ3v) is 15.2. The molecule has 0 bridgehead atoms. The Hall–Kier alpha value is -2.42. The van der Waals surface area contributed by atoms with Crippen LogP contribution in [0.3, 0.4) is 0 Å². The first-order chi connectivity index (χ1) is 25.0. The maximum Gasteiger partial charge on any atom is 0.397 e. The molecule has 4 saturated carbocycles. The Morgan fingerprint density at radius 1 is 0.852 bits per heavy atom. The number of rotatable bonds is 13. The number of imidazole rings is 1. The summed E-state index contributed by atoms with van der Waals surface area (Å²) in [7, 11) is -15.1. The minimum Gasteiger partial charge on any atom is -0.508 e. The molecule has 18 heteroatoms. The van der Waals surface area contributed by atoms with E-state index in [9.17, 15) is 44.0 Å². The molecule has 54 heavy (non-hydrogen) atoms. The summed E-state index contributed by atoms with van der Waals surface area (Å²) in [6.45, 7) is 12.8. The van der Waals surface area contributed by atoms with Crippen LogP contribution < -0.4 is 0 Å². The second-order valence-corrected chi connectivity index (χ2v) is 19.9. The van der Waals surface area contributed by atoms with Crippen molar-refractivity contribution in [3.8, 4) is 17.0 Å². The van der Waals surface area contributed by atoms with Crippen molar-refractivity contribution in [2.45, 2.75) is 110 Å². The maximum atomic E-state index is 12.2. The number of aromatic hydroxyl groups is 1. The molecule has 0 aliphatic heterocycles. The average Bonchev–Trinajstić information content (AvgIpc) is 3.65. The normalized spacial score (nSPS) is 35.4. The lowest BCUT2D eigenvalue weighted by Crippen LogP contribution is -2.62. The van der Waals surface area contributed by atoms with Crippen LogP contribution in [0.5, 0.6) is 5.75 Å². The molecule has 0 unspecified atom stereocenters. The molecule has 4 aliphatic rings. The van der Waals surface area contributed by atoms with Crippen molar-refractivity contribution in [2.75, 3.05) is 0 Å². The molecule has 302 valence electrons. The van der Waals surface area contributed by atoms with E-state index in [1.54, 1.807) is 12.1 Å². The van der Waals surface area contributed by atoms with Gasteiger partial charge in [-0.15, -0.1) is 0 Å². The smallest absolute Gasteiger partial charge is 0.397 e. The molecule has 1 aromatic carbocycles. The van der Waals surface area contributed by atoms with E-state index in [2.05, 4.69) is 30.0 Å². The summed E-state index contributed by atoms with van der Waals surface area (Å²) in [6, 6.07) is 7.00. The van der Waals surface area contributed by atoms with Gasteiger partial charge in [0.1, 0.15) is 18.0 Å². The van der Waals surface area contributed by atoms with Crippen LogP contribution in [0.25, 0.3) is 11.3 Å². The van der Waals surface area contributed by atoms with Crippen molar-refractivity contribution in [1.29, 1.82) is 0 Å². The van der Waals surface area contributed by atoms with Crippen LogP contribution in [0.4, 0.5) is 0 Å². The van der Waals surface area contributed by atoms with Gasteiger partial charge in [0, 0.05) is 5.56 Å². The van der Waals surface area contributed by atoms with Crippen LogP contribution >= 0.6 is 0 Å². The lowest BCUT2D eigenvalue weighted by molar-refractivity contribution is -0.184. The Balaban J connectivity index is 1.24. The Morgan fingerprint density at radius 2 is 1.44 bits per heavy atom. The molecule has 4 N–H and O–H groups in total. The van der Waals surface area contributed by atoms with Gasteiger partial charge in [-0.05, 0) is 135 Å². The zero-order chi connectivity index (χ0) is 39.6. The zero-order valence-electron chi connectivity index (χ0n) is 30.9. The van der Waals surface area contributed by atoms with Gasteiger partial charge < -0.3 is 9.67 Å². The molecule has 15 nitrogen and oxygen atoms in total. The van der Waals surface area contributed by atoms with Gasteiger partial charge in [-0.2, -0.15) is 25.3 Å². The quantitative estimate of drug-likeness (QED) is 0.130. The Kier molecular flexibility index (Phi) is 11.3. The third-order valence-electron chi connectivity index (χ3n) is 13.8. The van der Waals surface area contributed by atoms with Gasteiger partial charge >= 0.3 is 31.2 Å². The molecular weight excluding hydrogens is 765 g/mol. The molecule has 0 saturated heterocycles. The zero-order valence-corrected chi connectivity index (χ0v) is 33.3. The van der Waals surface area contributed by atoms with Gasteiger partial charge in [0.15, 0.2) is 0 Å². The number of benzene rings is 1. The summed E-state index contributed by atoms with van der Waals surface area (Å²) in [5, 5.41) is 9.81. The molecule has 0 spiro atoms. The summed E-state index contributed by atoms with van der Waals surface area (Å²) < 4.78 is 118. The minimum atomic E-state index is -5.11. The van der Waals surface area contributed by atoms with Crippen LogP contribution in [0, 0.1) is 46.3 Å². The van der Waals surface area contributed by atoms with E-state index in [0.717, 1.165) is 48.9 Å². The molecule has 12 atom stereocenters. The van der Waals surface area contributed by atoms with Gasteiger partial charge in [-0.1, -0.05) is 32.9 Å². The summed E-state index contributed by atoms with van der Waals surface area (Å²) >= 11 is 0. The van der Waals surface area contributed by atoms with E-state index in [-0.39, 0.29) is 54.2 Å². The van der Waals surface area contributed by atoms with Crippen molar-refractivity contribution in [1.82, 2.24) is 9.55 Å². The molecule has 2 aromatic rings. The largest absolute Gasteiger partial charge is 0.508 e. The number of allylic oxidation sites excluding steroid dienone is 1. The molecule has 1 heterocycles. The maximum absolute atomic E-state index is 12.2. The number of fused-ring (bicyclic) bond motifs is 5. The second-order valence-electron chi connectivity index (χ2n) is 16.7. The van der Waals surface area contributed by atoms with Crippen molar-refractivity contribution in [3.05, 3.63) is 48.9 Å². The summed E-state index contributed by atoms with van der Waals surface area (Å²) in [5.41, 5.74) is 1.86. The molecule has 4 aliphatic carbocycles. The van der Waals surface area contributed by atoms with E-state index in [1.165, 1.54) is 0 Å². The Bertz CT molecular complexity index is 2040. The molecule has 6 rings (SSSR count). The number of phenols is 1. The van der Waals surface area contributed by atoms with Gasteiger partial charge in [0.05, 0.1) is 30.4 Å². The highest BCUT2D eigenvalue weighted by Crippen LogP contribution is 2.69. The summed E-state index contributed by atoms with van der Waals surface area (Å²) in [6.07, 6.45) is 4.40. The fourth-order valence-corrected chi connectivity index (χ4v) is 13.2. The third kappa shape index (κ3) is 8.46. The minimum absolute atomic E-state index is 0.00844. The predicted molar refractivity (Wildman–Crippen MR) is 197 cm³/mol. The molecule has 0 amide bonds. The van der Waals surface area contributed by atoms with E-state index in [4.69, 9.17) is 12.5 Å². The number of hydrogen-bond acceptors (Lipinski definition) is 11. The number of phenolic OH excluding ortho intramolecular Hbond substituents is 1. The lowest BCUT2D eigenvalue weighted by Gasteiger charge is -2.63. The van der Waals surface area contributed by atoms with E-state index < -0.39 is 60.8 Å². The van der Waals surface area contributed by atoms with Crippen LogP contribution in [0.15, 0.2) is 48.9 Å². The Morgan fingerprint density at radius 3 is 2.06 bits per heavy atom. The highest BCUT2D eigenvalue weighted by atomic mass is 32.3. The van der Waals surface area contributed by atoms with Crippen molar-refractivity contribution < 1.29 is 56.6 Å². The molecule has 4 fully saturated rings. The molecule has 1 aromatic heterocycles. The van der Waals surface area contributed by atoms with Crippen molar-refractivity contribution >= 4 is 31.2 Å². The van der Waals surface area contributed by atoms with E-state index in [0.29, 0.717) is 18.3 Å². The van der Waals surface area contributed by atoms with Crippen LogP contribution in [-0.2, 0) is 43.7 Å². The lowest BCUT2D eigenvalue weighted by atomic mass is 9.43. The first-order valence-electron chi connectivity index (χ1n) is 18.4. The first kappa shape index (κ1) is 41.2. The number of aromatic nitrogens is 2. The van der Waals surface area contributed by atoms with Gasteiger partial charge in [-0.3, -0.25) is 13.7 Å². The summed E-state index contributed by atoms with van der Waals surface area (Å²) in [4.78, 5) is 4.44. The fraction of sp³-hybridized carbons (Fsp3) is 0.694. The SMILES string of the molecule is C=C(C)[C@@H](CC[C@@H](C)[C@H]1CC[C@H]2[C@@H]3C[C@H](OS(=O)(=O)O)[C@H]4C[C@@H](OS(=O)(=O)O)[C@@H](OS(=O)(=O)O)C[C@]4(C)[C@H]3CC[C@]12C)n1cncc1-c1ccc(O)cc1.